The zero-order valence-corrected chi connectivity index (χ0v) is 13.5. The lowest BCUT2D eigenvalue weighted by Gasteiger charge is -2.19. The monoisotopic (exact) mass is 313 g/mol. The first-order valence-corrected chi connectivity index (χ1v) is 8.31. The Morgan fingerprint density at radius 3 is 2.87 bits per heavy atom. The molecule has 122 valence electrons. The highest BCUT2D eigenvalue weighted by atomic mass is 16.5. The lowest BCUT2D eigenvalue weighted by molar-refractivity contribution is -0.128. The van der Waals surface area contributed by atoms with Gasteiger partial charge in [-0.15, -0.1) is 0 Å². The van der Waals surface area contributed by atoms with Crippen LogP contribution in [0.4, 0.5) is 0 Å². The summed E-state index contributed by atoms with van der Waals surface area (Å²) in [4.78, 5) is 12.3. The van der Waals surface area contributed by atoms with Gasteiger partial charge in [-0.1, -0.05) is 37.3 Å². The van der Waals surface area contributed by atoms with Crippen molar-refractivity contribution in [1.82, 2.24) is 5.32 Å². The van der Waals surface area contributed by atoms with Crippen molar-refractivity contribution in [3.05, 3.63) is 42.5 Å². The van der Waals surface area contributed by atoms with E-state index in [9.17, 15) is 4.79 Å². The third-order valence-corrected chi connectivity index (χ3v) is 4.19. The van der Waals surface area contributed by atoms with Gasteiger partial charge in [-0.05, 0) is 42.2 Å². The molecule has 0 bridgehead atoms. The van der Waals surface area contributed by atoms with Gasteiger partial charge in [0.15, 0.2) is 6.10 Å². The third-order valence-electron chi connectivity index (χ3n) is 4.19. The Kier molecular flexibility index (Phi) is 5.13. The summed E-state index contributed by atoms with van der Waals surface area (Å²) in [6, 6.07) is 14.0. The normalized spacial score (nSPS) is 18.7. The average Bonchev–Trinajstić information content (AvgIpc) is 3.11. The summed E-state index contributed by atoms with van der Waals surface area (Å²) in [5, 5.41) is 5.22. The highest BCUT2D eigenvalue weighted by molar-refractivity contribution is 5.84. The molecule has 23 heavy (non-hydrogen) atoms. The van der Waals surface area contributed by atoms with E-state index in [1.165, 1.54) is 0 Å². The van der Waals surface area contributed by atoms with Gasteiger partial charge in [0.05, 0.1) is 6.10 Å². The Bertz CT molecular complexity index is 664. The van der Waals surface area contributed by atoms with E-state index in [1.807, 2.05) is 43.3 Å². The second kappa shape index (κ2) is 7.47. The van der Waals surface area contributed by atoms with Crippen LogP contribution >= 0.6 is 0 Å². The van der Waals surface area contributed by atoms with Gasteiger partial charge >= 0.3 is 0 Å². The number of benzene rings is 2. The molecule has 0 radical (unpaired) electrons. The van der Waals surface area contributed by atoms with Crippen molar-refractivity contribution in [3.8, 4) is 5.75 Å². The fraction of sp³-hybridized carbons (Fsp3) is 0.421. The topological polar surface area (TPSA) is 47.6 Å². The second-order valence-electron chi connectivity index (χ2n) is 5.90. The van der Waals surface area contributed by atoms with Crippen LogP contribution < -0.4 is 10.1 Å². The van der Waals surface area contributed by atoms with E-state index >= 15 is 0 Å². The minimum atomic E-state index is -0.474. The maximum absolute atomic E-state index is 12.3. The number of rotatable bonds is 6. The van der Waals surface area contributed by atoms with Crippen molar-refractivity contribution in [2.45, 2.75) is 38.4 Å². The van der Waals surface area contributed by atoms with Crippen LogP contribution in [0.3, 0.4) is 0 Å². The zero-order chi connectivity index (χ0) is 16.1. The number of ether oxygens (including phenoxy) is 2. The molecular formula is C19H23NO3. The summed E-state index contributed by atoms with van der Waals surface area (Å²) in [6.07, 6.45) is 2.40. The molecule has 1 aliphatic rings. The molecule has 1 saturated heterocycles. The first kappa shape index (κ1) is 15.8. The largest absolute Gasteiger partial charge is 0.481 e. The first-order chi connectivity index (χ1) is 11.3. The minimum absolute atomic E-state index is 0.0730. The number of carbonyl (C=O) groups excluding carboxylic acids is 1. The number of hydrogen-bond acceptors (Lipinski definition) is 3. The fourth-order valence-corrected chi connectivity index (χ4v) is 2.86. The lowest BCUT2D eigenvalue weighted by atomic mass is 10.1. The molecule has 2 atom stereocenters. The fourth-order valence-electron chi connectivity index (χ4n) is 2.86. The Morgan fingerprint density at radius 1 is 1.30 bits per heavy atom. The number of carbonyl (C=O) groups is 1. The van der Waals surface area contributed by atoms with Gasteiger partial charge in [-0.2, -0.15) is 0 Å². The van der Waals surface area contributed by atoms with Gasteiger partial charge in [0.25, 0.3) is 5.91 Å². The zero-order valence-electron chi connectivity index (χ0n) is 13.5. The maximum Gasteiger partial charge on any atom is 0.261 e. The molecule has 3 rings (SSSR count). The quantitative estimate of drug-likeness (QED) is 0.890. The van der Waals surface area contributed by atoms with Gasteiger partial charge in [0.2, 0.25) is 0 Å². The molecule has 2 aromatic carbocycles. The van der Waals surface area contributed by atoms with E-state index in [0.717, 1.165) is 36.0 Å². The van der Waals surface area contributed by atoms with Gasteiger partial charge in [-0.25, -0.2) is 0 Å². The number of hydrogen-bond donors (Lipinski definition) is 1. The Labute approximate surface area is 136 Å². The molecule has 2 aromatic rings. The second-order valence-corrected chi connectivity index (χ2v) is 5.90. The van der Waals surface area contributed by atoms with Crippen molar-refractivity contribution < 1.29 is 14.3 Å². The molecule has 1 aliphatic heterocycles. The van der Waals surface area contributed by atoms with Gasteiger partial charge in [0.1, 0.15) is 5.75 Å². The minimum Gasteiger partial charge on any atom is -0.481 e. The molecule has 0 saturated carbocycles. The summed E-state index contributed by atoms with van der Waals surface area (Å²) >= 11 is 0. The molecule has 1 heterocycles. The van der Waals surface area contributed by atoms with E-state index in [0.29, 0.717) is 13.0 Å². The first-order valence-electron chi connectivity index (χ1n) is 8.31. The van der Waals surface area contributed by atoms with Crippen molar-refractivity contribution >= 4 is 16.7 Å². The highest BCUT2D eigenvalue weighted by Crippen LogP contribution is 2.22. The summed E-state index contributed by atoms with van der Waals surface area (Å²) in [5.41, 5.74) is 0. The highest BCUT2D eigenvalue weighted by Gasteiger charge is 2.21. The predicted octanol–water partition coefficient (Wildman–Crippen LogP) is 3.29. The molecule has 1 fully saturated rings. The number of amides is 1. The van der Waals surface area contributed by atoms with Crippen LogP contribution in [0.15, 0.2) is 42.5 Å². The van der Waals surface area contributed by atoms with Crippen molar-refractivity contribution in [2.75, 3.05) is 13.2 Å². The molecule has 1 amide bonds. The lowest BCUT2D eigenvalue weighted by Crippen LogP contribution is -2.41. The van der Waals surface area contributed by atoms with Crippen molar-refractivity contribution in [2.24, 2.45) is 0 Å². The van der Waals surface area contributed by atoms with Crippen LogP contribution in [-0.2, 0) is 9.53 Å². The smallest absolute Gasteiger partial charge is 0.261 e. The third kappa shape index (κ3) is 4.02. The van der Waals surface area contributed by atoms with Crippen LogP contribution in [0.2, 0.25) is 0 Å². The number of nitrogens with one attached hydrogen (secondary N) is 1. The predicted molar refractivity (Wildman–Crippen MR) is 90.6 cm³/mol. The average molecular weight is 313 g/mol. The Morgan fingerprint density at radius 2 is 2.13 bits per heavy atom. The molecule has 4 nitrogen and oxygen atoms in total. The van der Waals surface area contributed by atoms with E-state index < -0.39 is 6.10 Å². The molecule has 1 N–H and O–H groups in total. The van der Waals surface area contributed by atoms with Gasteiger partial charge in [-0.3, -0.25) is 4.79 Å². The summed E-state index contributed by atoms with van der Waals surface area (Å²) in [5.74, 6) is 0.652. The van der Waals surface area contributed by atoms with Crippen LogP contribution in [0.1, 0.15) is 26.2 Å². The number of fused-ring (bicyclic) bond motifs is 1. The van der Waals surface area contributed by atoms with Gasteiger partial charge in [0, 0.05) is 13.2 Å². The SMILES string of the molecule is CC[C@@H](Oc1ccc2ccccc2c1)C(=O)NC[C@@H]1CCCO1. The van der Waals surface area contributed by atoms with E-state index in [1.54, 1.807) is 0 Å². The van der Waals surface area contributed by atoms with Crippen LogP contribution in [-0.4, -0.2) is 31.3 Å². The molecule has 0 unspecified atom stereocenters. The van der Waals surface area contributed by atoms with Crippen molar-refractivity contribution in [3.63, 3.8) is 0 Å². The van der Waals surface area contributed by atoms with Crippen LogP contribution in [0, 0.1) is 0 Å². The summed E-state index contributed by atoms with van der Waals surface area (Å²) < 4.78 is 11.4. The van der Waals surface area contributed by atoms with Gasteiger partial charge < -0.3 is 14.8 Å². The molecule has 4 heteroatoms. The summed E-state index contributed by atoms with van der Waals surface area (Å²) in [7, 11) is 0. The molecular weight excluding hydrogens is 290 g/mol. The molecule has 0 aliphatic carbocycles. The Hall–Kier alpha value is -2.07. The molecule has 0 spiro atoms. The van der Waals surface area contributed by atoms with E-state index in [4.69, 9.17) is 9.47 Å². The molecule has 0 aromatic heterocycles. The van der Waals surface area contributed by atoms with Crippen LogP contribution in [0.5, 0.6) is 5.75 Å². The standard InChI is InChI=1S/C19H23NO3/c1-2-18(19(21)20-13-17-8-5-11-22-17)23-16-10-9-14-6-3-4-7-15(14)12-16/h3-4,6-7,9-10,12,17-18H,2,5,8,11,13H2,1H3,(H,20,21)/t17-,18+/m0/s1. The Balaban J connectivity index is 1.61. The maximum atomic E-state index is 12.3. The summed E-state index contributed by atoms with van der Waals surface area (Å²) in [6.45, 7) is 3.32. The van der Waals surface area contributed by atoms with Crippen molar-refractivity contribution in [1.29, 1.82) is 0 Å². The van der Waals surface area contributed by atoms with E-state index in [2.05, 4.69) is 11.4 Å². The van der Waals surface area contributed by atoms with E-state index in [-0.39, 0.29) is 12.0 Å². The van der Waals surface area contributed by atoms with Crippen LogP contribution in [0.25, 0.3) is 10.8 Å².